The number of nitrogens with one attached hydrogen (secondary N) is 2. The van der Waals surface area contributed by atoms with E-state index in [1.165, 1.54) is 50.4 Å². The molecular weight excluding hydrogens is 504 g/mol. The molecule has 2 aromatic rings. The molecule has 5 nitrogen and oxygen atoms in total. The minimum atomic E-state index is -5.76. The summed E-state index contributed by atoms with van der Waals surface area (Å²) in [5, 5.41) is 3.57. The number of amides is 2. The second kappa shape index (κ2) is 11.0. The fourth-order valence-corrected chi connectivity index (χ4v) is 2.80. The third-order valence-electron chi connectivity index (χ3n) is 4.35. The molecule has 0 aliphatic carbocycles. The Hall–Kier alpha value is -3.64. The van der Waals surface area contributed by atoms with Gasteiger partial charge >= 0.3 is 12.3 Å². The van der Waals surface area contributed by atoms with Crippen LogP contribution in [0, 0.1) is 29.1 Å². The molecule has 36 heavy (non-hydrogen) atoms. The molecule has 0 aliphatic rings. The summed E-state index contributed by atoms with van der Waals surface area (Å²) in [5.41, 5.74) is -5.17. The summed E-state index contributed by atoms with van der Waals surface area (Å²) in [6.45, 7) is 4.48. The number of carbonyl (C=O) groups is 2. The van der Waals surface area contributed by atoms with E-state index in [0.717, 1.165) is 12.1 Å². The van der Waals surface area contributed by atoms with Crippen molar-refractivity contribution in [3.8, 4) is 0 Å². The Bertz CT molecular complexity index is 1130. The molecule has 0 heterocycles. The van der Waals surface area contributed by atoms with Gasteiger partial charge in [0.2, 0.25) is 5.91 Å². The van der Waals surface area contributed by atoms with Crippen molar-refractivity contribution in [1.29, 1.82) is 0 Å². The molecule has 0 saturated heterocycles. The summed E-state index contributed by atoms with van der Waals surface area (Å²) >= 11 is 0. The molecule has 2 N–H and O–H groups in total. The Morgan fingerprint density at radius 3 is 1.92 bits per heavy atom. The summed E-state index contributed by atoms with van der Waals surface area (Å²) in [6.07, 6.45) is -4.59. The zero-order valence-electron chi connectivity index (χ0n) is 19.0. The maximum absolute atomic E-state index is 14.2. The quantitative estimate of drug-likeness (QED) is 0.343. The second-order valence-electron chi connectivity index (χ2n) is 8.38. The number of ether oxygens (including phenoxy) is 1. The van der Waals surface area contributed by atoms with Crippen molar-refractivity contribution in [1.82, 2.24) is 5.32 Å². The summed E-state index contributed by atoms with van der Waals surface area (Å²) in [4.78, 5) is 24.8. The molecule has 196 valence electrons. The van der Waals surface area contributed by atoms with Gasteiger partial charge in [-0.25, -0.2) is 26.7 Å². The number of hydrogen-bond acceptors (Lipinski definition) is 3. The SMILES string of the molecule is CC(C)(C)OC(=O)N[C@@H](C/C=C/c1ccc(F)cc1)C(=O)Nc1c(F)c(F)c(C(F)(F)F)c(F)c1F. The lowest BCUT2D eigenvalue weighted by molar-refractivity contribution is -0.143. The predicted octanol–water partition coefficient (Wildman–Crippen LogP) is 6.34. The van der Waals surface area contributed by atoms with Crippen LogP contribution >= 0.6 is 0 Å². The Morgan fingerprint density at radius 1 is 0.917 bits per heavy atom. The maximum Gasteiger partial charge on any atom is 0.422 e. The minimum Gasteiger partial charge on any atom is -0.444 e. The first-order valence-electron chi connectivity index (χ1n) is 10.2. The standard InChI is InChI=1S/C23H20F8N2O3/c1-22(2,3)36-21(35)32-13(6-4-5-11-7-9-12(24)10-8-11)20(34)33-19-17(27)15(25)14(23(29,30)31)16(26)18(19)28/h4-5,7-10,13H,6H2,1-3H3,(H,32,35)(H,33,34)/b5-4+/t13-/m0/s1. The van der Waals surface area contributed by atoms with Gasteiger partial charge in [0.25, 0.3) is 0 Å². The highest BCUT2D eigenvalue weighted by Crippen LogP contribution is 2.38. The third-order valence-corrected chi connectivity index (χ3v) is 4.35. The van der Waals surface area contributed by atoms with Crippen molar-refractivity contribution in [3.05, 3.63) is 70.6 Å². The average molecular weight is 524 g/mol. The molecule has 0 bridgehead atoms. The van der Waals surface area contributed by atoms with Gasteiger partial charge in [-0.3, -0.25) is 4.79 Å². The number of hydrogen-bond donors (Lipinski definition) is 2. The molecule has 13 heteroatoms. The van der Waals surface area contributed by atoms with Crippen LogP contribution < -0.4 is 10.6 Å². The number of carbonyl (C=O) groups excluding carboxylic acids is 2. The van der Waals surface area contributed by atoms with Gasteiger partial charge in [0.05, 0.1) is 0 Å². The number of halogens is 8. The van der Waals surface area contributed by atoms with Crippen molar-refractivity contribution < 1.29 is 49.4 Å². The van der Waals surface area contributed by atoms with Crippen LogP contribution in [0.4, 0.5) is 45.6 Å². The van der Waals surface area contributed by atoms with Gasteiger partial charge in [-0.2, -0.15) is 13.2 Å². The van der Waals surface area contributed by atoms with Crippen LogP contribution in [-0.4, -0.2) is 23.6 Å². The Balaban J connectivity index is 2.35. The molecule has 0 spiro atoms. The van der Waals surface area contributed by atoms with Gasteiger partial charge in [-0.15, -0.1) is 0 Å². The van der Waals surface area contributed by atoms with E-state index in [1.54, 1.807) is 0 Å². The highest BCUT2D eigenvalue weighted by Gasteiger charge is 2.42. The van der Waals surface area contributed by atoms with E-state index < -0.39 is 70.2 Å². The molecule has 0 saturated carbocycles. The Labute approximate surface area is 200 Å². The Kier molecular flexibility index (Phi) is 8.70. The normalized spacial score (nSPS) is 13.0. The first-order valence-corrected chi connectivity index (χ1v) is 10.2. The number of alkyl carbamates (subject to hydrolysis) is 1. The molecule has 0 aromatic heterocycles. The van der Waals surface area contributed by atoms with Gasteiger partial charge in [-0.1, -0.05) is 24.3 Å². The fraction of sp³-hybridized carbons (Fsp3) is 0.304. The van der Waals surface area contributed by atoms with E-state index in [9.17, 15) is 44.7 Å². The smallest absolute Gasteiger partial charge is 0.422 e. The maximum atomic E-state index is 14.2. The number of rotatable bonds is 6. The van der Waals surface area contributed by atoms with Crippen LogP contribution in [0.25, 0.3) is 6.08 Å². The molecule has 0 fully saturated rings. The Morgan fingerprint density at radius 2 is 1.44 bits per heavy atom. The van der Waals surface area contributed by atoms with Crippen LogP contribution in [0.5, 0.6) is 0 Å². The fourth-order valence-electron chi connectivity index (χ4n) is 2.80. The summed E-state index contributed by atoms with van der Waals surface area (Å²) in [5.74, 6) is -12.5. The monoisotopic (exact) mass is 524 g/mol. The van der Waals surface area contributed by atoms with Crippen LogP contribution in [0.3, 0.4) is 0 Å². The number of benzene rings is 2. The lowest BCUT2D eigenvalue weighted by atomic mass is 10.1. The summed E-state index contributed by atoms with van der Waals surface area (Å²) in [6, 6.07) is 3.37. The lowest BCUT2D eigenvalue weighted by Crippen LogP contribution is -2.45. The zero-order valence-corrected chi connectivity index (χ0v) is 19.0. The molecule has 2 aromatic carbocycles. The van der Waals surface area contributed by atoms with Crippen molar-refractivity contribution in [2.75, 3.05) is 5.32 Å². The van der Waals surface area contributed by atoms with Gasteiger partial charge in [-0.05, 0) is 44.9 Å². The average Bonchev–Trinajstić information content (AvgIpc) is 2.73. The van der Waals surface area contributed by atoms with Gasteiger partial charge < -0.3 is 15.4 Å². The van der Waals surface area contributed by atoms with E-state index in [0.29, 0.717) is 5.56 Å². The first kappa shape index (κ1) is 28.6. The topological polar surface area (TPSA) is 67.4 Å². The van der Waals surface area contributed by atoms with Crippen LogP contribution in [-0.2, 0) is 15.7 Å². The third kappa shape index (κ3) is 7.43. The number of alkyl halides is 3. The molecule has 1 atom stereocenters. The van der Waals surface area contributed by atoms with E-state index in [1.807, 2.05) is 0 Å². The molecule has 2 rings (SSSR count). The van der Waals surface area contributed by atoms with Gasteiger partial charge in [0.15, 0.2) is 23.3 Å². The highest BCUT2D eigenvalue weighted by atomic mass is 19.4. The van der Waals surface area contributed by atoms with Crippen LogP contribution in [0.15, 0.2) is 30.3 Å². The molecule has 0 radical (unpaired) electrons. The van der Waals surface area contributed by atoms with E-state index in [4.69, 9.17) is 4.74 Å². The van der Waals surface area contributed by atoms with Crippen molar-refractivity contribution in [2.24, 2.45) is 0 Å². The van der Waals surface area contributed by atoms with Crippen molar-refractivity contribution >= 4 is 23.8 Å². The molecule has 0 unspecified atom stereocenters. The summed E-state index contributed by atoms with van der Waals surface area (Å²) in [7, 11) is 0. The minimum absolute atomic E-state index is 0.378. The van der Waals surface area contributed by atoms with Crippen molar-refractivity contribution in [3.63, 3.8) is 0 Å². The second-order valence-corrected chi connectivity index (χ2v) is 8.38. The zero-order chi connectivity index (χ0) is 27.4. The largest absolute Gasteiger partial charge is 0.444 e. The molecule has 0 aliphatic heterocycles. The molecular formula is C23H20F8N2O3. The van der Waals surface area contributed by atoms with E-state index in [2.05, 4.69) is 5.32 Å². The van der Waals surface area contributed by atoms with Crippen LogP contribution in [0.2, 0.25) is 0 Å². The predicted molar refractivity (Wildman–Crippen MR) is 113 cm³/mol. The van der Waals surface area contributed by atoms with E-state index >= 15 is 0 Å². The lowest BCUT2D eigenvalue weighted by Gasteiger charge is -2.23. The van der Waals surface area contributed by atoms with E-state index in [-0.39, 0.29) is 6.42 Å². The number of anilines is 1. The van der Waals surface area contributed by atoms with Gasteiger partial charge in [0.1, 0.15) is 28.7 Å². The highest BCUT2D eigenvalue weighted by molar-refractivity contribution is 5.97. The summed E-state index contributed by atoms with van der Waals surface area (Å²) < 4.78 is 113. The van der Waals surface area contributed by atoms with Gasteiger partial charge in [0, 0.05) is 0 Å². The first-order chi connectivity index (χ1) is 16.5. The van der Waals surface area contributed by atoms with Crippen LogP contribution in [0.1, 0.15) is 38.3 Å². The van der Waals surface area contributed by atoms with Crippen molar-refractivity contribution in [2.45, 2.75) is 45.0 Å². The molecule has 2 amide bonds.